The molecule has 1 amide bonds. The molecule has 1 unspecified atom stereocenters. The molecule has 0 saturated carbocycles. The molecule has 1 atom stereocenters. The van der Waals surface area contributed by atoms with Gasteiger partial charge in [0.15, 0.2) is 0 Å². The van der Waals surface area contributed by atoms with Crippen LogP contribution in [0, 0.1) is 0 Å². The summed E-state index contributed by atoms with van der Waals surface area (Å²) in [5.74, 6) is 0.0365. The SMILES string of the molecule is CS(=O)(=O)C1CCN(C(=O)C2CCCO2)CC1. The van der Waals surface area contributed by atoms with E-state index in [0.29, 0.717) is 32.5 Å². The number of carbonyl (C=O) groups excluding carboxylic acids is 1. The van der Waals surface area contributed by atoms with E-state index in [0.717, 1.165) is 12.8 Å². The molecule has 2 heterocycles. The van der Waals surface area contributed by atoms with Gasteiger partial charge in [0, 0.05) is 26.0 Å². The monoisotopic (exact) mass is 261 g/mol. The van der Waals surface area contributed by atoms with Gasteiger partial charge in [0.05, 0.1) is 5.25 Å². The van der Waals surface area contributed by atoms with E-state index in [-0.39, 0.29) is 17.3 Å². The Morgan fingerprint density at radius 2 is 1.88 bits per heavy atom. The molecule has 0 N–H and O–H groups in total. The number of ether oxygens (including phenoxy) is 1. The van der Waals surface area contributed by atoms with Gasteiger partial charge in [-0.15, -0.1) is 0 Å². The highest BCUT2D eigenvalue weighted by molar-refractivity contribution is 7.91. The number of hydrogen-bond acceptors (Lipinski definition) is 4. The summed E-state index contributed by atoms with van der Waals surface area (Å²) in [7, 11) is -2.96. The molecule has 2 aliphatic rings. The van der Waals surface area contributed by atoms with Crippen LogP contribution in [0.15, 0.2) is 0 Å². The number of hydrogen-bond donors (Lipinski definition) is 0. The molecule has 0 spiro atoms. The highest BCUT2D eigenvalue weighted by Crippen LogP contribution is 2.21. The Bertz CT molecular complexity index is 378. The van der Waals surface area contributed by atoms with Crippen LogP contribution in [0.1, 0.15) is 25.7 Å². The lowest BCUT2D eigenvalue weighted by Crippen LogP contribution is -2.46. The summed E-state index contributed by atoms with van der Waals surface area (Å²) in [6.07, 6.45) is 3.83. The third-order valence-corrected chi connectivity index (χ3v) is 5.25. The molecule has 0 aliphatic carbocycles. The summed E-state index contributed by atoms with van der Waals surface area (Å²) >= 11 is 0. The third kappa shape index (κ3) is 2.98. The molecule has 0 aromatic carbocycles. The summed E-state index contributed by atoms with van der Waals surface area (Å²) in [5, 5.41) is -0.281. The lowest BCUT2D eigenvalue weighted by molar-refractivity contribution is -0.141. The summed E-state index contributed by atoms with van der Waals surface area (Å²) < 4.78 is 28.1. The minimum atomic E-state index is -2.96. The second-order valence-corrected chi connectivity index (χ2v) is 7.18. The van der Waals surface area contributed by atoms with Crippen LogP contribution in [0.3, 0.4) is 0 Å². The summed E-state index contributed by atoms with van der Waals surface area (Å²) in [5.41, 5.74) is 0. The molecule has 0 radical (unpaired) electrons. The first kappa shape index (κ1) is 12.8. The van der Waals surface area contributed by atoms with Gasteiger partial charge in [-0.25, -0.2) is 8.42 Å². The number of nitrogens with zero attached hydrogens (tertiary/aromatic N) is 1. The van der Waals surface area contributed by atoms with Crippen LogP contribution >= 0.6 is 0 Å². The van der Waals surface area contributed by atoms with Gasteiger partial charge in [0.25, 0.3) is 5.91 Å². The highest BCUT2D eigenvalue weighted by Gasteiger charge is 2.33. The van der Waals surface area contributed by atoms with Crippen molar-refractivity contribution >= 4 is 15.7 Å². The van der Waals surface area contributed by atoms with Crippen molar-refractivity contribution in [1.29, 1.82) is 0 Å². The number of piperidine rings is 1. The number of amides is 1. The maximum atomic E-state index is 12.0. The van der Waals surface area contributed by atoms with Crippen molar-refractivity contribution < 1.29 is 17.9 Å². The minimum absolute atomic E-state index is 0.0365. The zero-order valence-electron chi connectivity index (χ0n) is 10.1. The fraction of sp³-hybridized carbons (Fsp3) is 0.909. The fourth-order valence-corrected chi connectivity index (χ4v) is 3.55. The Morgan fingerprint density at radius 3 is 2.35 bits per heavy atom. The van der Waals surface area contributed by atoms with Crippen molar-refractivity contribution in [1.82, 2.24) is 4.90 Å². The smallest absolute Gasteiger partial charge is 0.251 e. The Hall–Kier alpha value is -0.620. The summed E-state index contributed by atoms with van der Waals surface area (Å²) in [6.45, 7) is 1.74. The lowest BCUT2D eigenvalue weighted by atomic mass is 10.1. The van der Waals surface area contributed by atoms with E-state index in [1.807, 2.05) is 0 Å². The second kappa shape index (κ2) is 4.94. The Balaban J connectivity index is 1.88. The molecule has 0 bridgehead atoms. The average Bonchev–Trinajstić information content (AvgIpc) is 2.80. The fourth-order valence-electron chi connectivity index (χ4n) is 2.48. The van der Waals surface area contributed by atoms with Crippen LogP contribution in [-0.2, 0) is 19.4 Å². The van der Waals surface area contributed by atoms with Gasteiger partial charge in [-0.2, -0.15) is 0 Å². The molecular formula is C11H19NO4S. The normalized spacial score (nSPS) is 27.4. The van der Waals surface area contributed by atoms with Crippen molar-refractivity contribution in [3.63, 3.8) is 0 Å². The zero-order valence-corrected chi connectivity index (χ0v) is 10.9. The van der Waals surface area contributed by atoms with Gasteiger partial charge in [0.2, 0.25) is 0 Å². The number of sulfone groups is 1. The Labute approximate surface area is 102 Å². The molecular weight excluding hydrogens is 242 g/mol. The average molecular weight is 261 g/mol. The van der Waals surface area contributed by atoms with Crippen LogP contribution in [-0.4, -0.2) is 56.5 Å². The molecule has 17 heavy (non-hydrogen) atoms. The summed E-state index contributed by atoms with van der Waals surface area (Å²) in [6, 6.07) is 0. The van der Waals surface area contributed by atoms with E-state index in [1.165, 1.54) is 6.26 Å². The van der Waals surface area contributed by atoms with E-state index >= 15 is 0 Å². The van der Waals surface area contributed by atoms with Gasteiger partial charge in [-0.1, -0.05) is 0 Å². The van der Waals surface area contributed by atoms with Gasteiger partial charge >= 0.3 is 0 Å². The van der Waals surface area contributed by atoms with Crippen LogP contribution in [0.25, 0.3) is 0 Å². The molecule has 2 rings (SSSR count). The van der Waals surface area contributed by atoms with Crippen LogP contribution in [0.5, 0.6) is 0 Å². The predicted molar refractivity (Wildman–Crippen MR) is 63.4 cm³/mol. The van der Waals surface area contributed by atoms with Crippen LogP contribution < -0.4 is 0 Å². The van der Waals surface area contributed by atoms with Crippen molar-refractivity contribution in [2.24, 2.45) is 0 Å². The van der Waals surface area contributed by atoms with Gasteiger partial charge < -0.3 is 9.64 Å². The lowest BCUT2D eigenvalue weighted by Gasteiger charge is -2.32. The number of carbonyl (C=O) groups is 1. The van der Waals surface area contributed by atoms with Crippen LogP contribution in [0.4, 0.5) is 0 Å². The maximum Gasteiger partial charge on any atom is 0.251 e. The molecule has 0 aromatic rings. The third-order valence-electron chi connectivity index (χ3n) is 3.56. The van der Waals surface area contributed by atoms with E-state index in [1.54, 1.807) is 4.90 Å². The van der Waals surface area contributed by atoms with Crippen LogP contribution in [0.2, 0.25) is 0 Å². The molecule has 2 fully saturated rings. The summed E-state index contributed by atoms with van der Waals surface area (Å²) in [4.78, 5) is 13.8. The van der Waals surface area contributed by atoms with Gasteiger partial charge in [0.1, 0.15) is 15.9 Å². The first-order valence-electron chi connectivity index (χ1n) is 6.08. The molecule has 2 aliphatic heterocycles. The minimum Gasteiger partial charge on any atom is -0.368 e. The van der Waals surface area contributed by atoms with Gasteiger partial charge in [-0.3, -0.25) is 4.79 Å². The first-order valence-corrected chi connectivity index (χ1v) is 8.03. The first-order chi connectivity index (χ1) is 7.98. The zero-order chi connectivity index (χ0) is 12.5. The van der Waals surface area contributed by atoms with E-state index in [4.69, 9.17) is 4.74 Å². The maximum absolute atomic E-state index is 12.0. The molecule has 5 nitrogen and oxygen atoms in total. The van der Waals surface area contributed by atoms with Crippen molar-refractivity contribution in [3.8, 4) is 0 Å². The van der Waals surface area contributed by atoms with Crippen molar-refractivity contribution in [2.75, 3.05) is 26.0 Å². The predicted octanol–water partition coefficient (Wildman–Crippen LogP) is 0.201. The Morgan fingerprint density at radius 1 is 1.24 bits per heavy atom. The molecule has 6 heteroatoms. The highest BCUT2D eigenvalue weighted by atomic mass is 32.2. The molecule has 98 valence electrons. The Kier molecular flexibility index (Phi) is 3.73. The second-order valence-electron chi connectivity index (χ2n) is 4.86. The quantitative estimate of drug-likeness (QED) is 0.712. The van der Waals surface area contributed by atoms with Crippen molar-refractivity contribution in [3.05, 3.63) is 0 Å². The molecule has 2 saturated heterocycles. The number of rotatable bonds is 2. The van der Waals surface area contributed by atoms with Gasteiger partial charge in [-0.05, 0) is 25.7 Å². The van der Waals surface area contributed by atoms with E-state index in [9.17, 15) is 13.2 Å². The number of likely N-dealkylation sites (tertiary alicyclic amines) is 1. The topological polar surface area (TPSA) is 63.7 Å². The van der Waals surface area contributed by atoms with E-state index in [2.05, 4.69) is 0 Å². The van der Waals surface area contributed by atoms with E-state index < -0.39 is 9.84 Å². The van der Waals surface area contributed by atoms with Crippen molar-refractivity contribution in [2.45, 2.75) is 37.0 Å². The largest absolute Gasteiger partial charge is 0.368 e. The standard InChI is InChI=1S/C11H19NO4S/c1-17(14,15)9-4-6-12(7-5-9)11(13)10-3-2-8-16-10/h9-10H,2-8H2,1H3. The molecule has 0 aromatic heterocycles.